The van der Waals surface area contributed by atoms with E-state index < -0.39 is 0 Å². The Labute approximate surface area is 157 Å². The molecule has 0 saturated heterocycles. The lowest BCUT2D eigenvalue weighted by atomic mass is 10.2. The van der Waals surface area contributed by atoms with Gasteiger partial charge in [0.05, 0.1) is 18.7 Å². The maximum atomic E-state index is 12.3. The summed E-state index contributed by atoms with van der Waals surface area (Å²) in [5.41, 5.74) is 1.29. The second-order valence-corrected chi connectivity index (χ2v) is 5.87. The highest BCUT2D eigenvalue weighted by atomic mass is 16.6. The molecule has 1 heterocycles. The lowest BCUT2D eigenvalue weighted by Gasteiger charge is -2.19. The van der Waals surface area contributed by atoms with E-state index in [2.05, 4.69) is 10.6 Å². The molecule has 0 unspecified atom stereocenters. The van der Waals surface area contributed by atoms with Crippen molar-refractivity contribution in [3.8, 4) is 17.2 Å². The van der Waals surface area contributed by atoms with E-state index in [1.807, 2.05) is 25.1 Å². The summed E-state index contributed by atoms with van der Waals surface area (Å²) in [7, 11) is 0. The van der Waals surface area contributed by atoms with Crippen molar-refractivity contribution in [2.24, 2.45) is 0 Å². The van der Waals surface area contributed by atoms with Crippen LogP contribution >= 0.6 is 0 Å². The van der Waals surface area contributed by atoms with Gasteiger partial charge in [0.15, 0.2) is 11.5 Å². The Morgan fingerprint density at radius 3 is 2.63 bits per heavy atom. The third kappa shape index (κ3) is 4.91. The molecule has 2 amide bonds. The zero-order valence-corrected chi connectivity index (χ0v) is 15.1. The van der Waals surface area contributed by atoms with Crippen molar-refractivity contribution in [3.05, 3.63) is 53.6 Å². The van der Waals surface area contributed by atoms with Gasteiger partial charge >= 0.3 is 0 Å². The van der Waals surface area contributed by atoms with Gasteiger partial charge in [-0.15, -0.1) is 0 Å². The first-order chi connectivity index (χ1) is 13.2. The summed E-state index contributed by atoms with van der Waals surface area (Å²) in [6, 6.07) is 12.5. The van der Waals surface area contributed by atoms with E-state index in [0.717, 1.165) is 5.56 Å². The van der Waals surface area contributed by atoms with E-state index in [9.17, 15) is 9.59 Å². The standard InChI is InChI=1S/C20H22N2O5/c1-2-25-16-6-4-3-5-15(16)20(24)22-13-19(23)21-12-14-7-8-17-18(11-14)27-10-9-26-17/h3-8,11H,2,9-10,12-13H2,1H3,(H,21,23)(H,22,24). The summed E-state index contributed by atoms with van der Waals surface area (Å²) in [4.78, 5) is 24.3. The molecule has 2 aromatic rings. The van der Waals surface area contributed by atoms with Gasteiger partial charge < -0.3 is 24.8 Å². The molecule has 0 aromatic heterocycles. The molecule has 0 atom stereocenters. The van der Waals surface area contributed by atoms with Crippen molar-refractivity contribution in [2.75, 3.05) is 26.4 Å². The van der Waals surface area contributed by atoms with Crippen molar-refractivity contribution < 1.29 is 23.8 Å². The molecule has 0 bridgehead atoms. The van der Waals surface area contributed by atoms with E-state index in [-0.39, 0.29) is 18.4 Å². The number of rotatable bonds is 7. The van der Waals surface area contributed by atoms with Gasteiger partial charge in [-0.1, -0.05) is 18.2 Å². The van der Waals surface area contributed by atoms with Gasteiger partial charge in [-0.2, -0.15) is 0 Å². The number of hydrogen-bond acceptors (Lipinski definition) is 5. The number of fused-ring (bicyclic) bond motifs is 1. The fourth-order valence-corrected chi connectivity index (χ4v) is 2.65. The normalized spacial score (nSPS) is 12.2. The van der Waals surface area contributed by atoms with Crippen LogP contribution in [-0.4, -0.2) is 38.2 Å². The van der Waals surface area contributed by atoms with Gasteiger partial charge in [0, 0.05) is 6.54 Å². The van der Waals surface area contributed by atoms with E-state index in [1.54, 1.807) is 24.3 Å². The Balaban J connectivity index is 1.49. The monoisotopic (exact) mass is 370 g/mol. The van der Waals surface area contributed by atoms with Gasteiger partial charge in [-0.05, 0) is 36.8 Å². The number of nitrogens with one attached hydrogen (secondary N) is 2. The highest BCUT2D eigenvalue weighted by Crippen LogP contribution is 2.30. The van der Waals surface area contributed by atoms with Crippen LogP contribution in [0.4, 0.5) is 0 Å². The van der Waals surface area contributed by atoms with Crippen molar-refractivity contribution in [3.63, 3.8) is 0 Å². The molecule has 1 aliphatic rings. The minimum Gasteiger partial charge on any atom is -0.493 e. The Morgan fingerprint density at radius 2 is 1.81 bits per heavy atom. The number of hydrogen-bond donors (Lipinski definition) is 2. The van der Waals surface area contributed by atoms with Crippen molar-refractivity contribution >= 4 is 11.8 Å². The van der Waals surface area contributed by atoms with E-state index in [0.29, 0.717) is 49.2 Å². The molecule has 142 valence electrons. The molecule has 0 saturated carbocycles. The van der Waals surface area contributed by atoms with E-state index in [1.165, 1.54) is 0 Å². The molecule has 0 fully saturated rings. The van der Waals surface area contributed by atoms with E-state index in [4.69, 9.17) is 14.2 Å². The smallest absolute Gasteiger partial charge is 0.255 e. The van der Waals surface area contributed by atoms with Gasteiger partial charge in [0.2, 0.25) is 5.91 Å². The zero-order chi connectivity index (χ0) is 19.1. The molecule has 2 N–H and O–H groups in total. The summed E-state index contributed by atoms with van der Waals surface area (Å²) in [5.74, 6) is 1.24. The van der Waals surface area contributed by atoms with Crippen LogP contribution < -0.4 is 24.8 Å². The number of benzene rings is 2. The van der Waals surface area contributed by atoms with Gasteiger partial charge in [0.25, 0.3) is 5.91 Å². The second kappa shape index (κ2) is 8.93. The summed E-state index contributed by atoms with van der Waals surface area (Å²) in [6.45, 7) is 3.57. The Kier molecular flexibility index (Phi) is 6.14. The Hall–Kier alpha value is -3.22. The second-order valence-electron chi connectivity index (χ2n) is 5.87. The van der Waals surface area contributed by atoms with Crippen molar-refractivity contribution in [1.29, 1.82) is 0 Å². The van der Waals surface area contributed by atoms with Crippen LogP contribution in [0.25, 0.3) is 0 Å². The van der Waals surface area contributed by atoms with Crippen LogP contribution in [-0.2, 0) is 11.3 Å². The average Bonchev–Trinajstić information content (AvgIpc) is 2.71. The number of amides is 2. The largest absolute Gasteiger partial charge is 0.493 e. The average molecular weight is 370 g/mol. The first-order valence-corrected chi connectivity index (χ1v) is 8.82. The fourth-order valence-electron chi connectivity index (χ4n) is 2.65. The first-order valence-electron chi connectivity index (χ1n) is 8.82. The number of carbonyl (C=O) groups is 2. The number of carbonyl (C=O) groups excluding carboxylic acids is 2. The molecule has 0 aliphatic carbocycles. The van der Waals surface area contributed by atoms with Gasteiger partial charge in [-0.3, -0.25) is 9.59 Å². The predicted octanol–water partition coefficient (Wildman–Crippen LogP) is 1.90. The lowest BCUT2D eigenvalue weighted by molar-refractivity contribution is -0.120. The summed E-state index contributed by atoms with van der Waals surface area (Å²) >= 11 is 0. The number of para-hydroxylation sites is 1. The fraction of sp³-hybridized carbons (Fsp3) is 0.300. The molecule has 1 aliphatic heterocycles. The quantitative estimate of drug-likeness (QED) is 0.778. The maximum Gasteiger partial charge on any atom is 0.255 e. The molecule has 0 spiro atoms. The van der Waals surface area contributed by atoms with Crippen molar-refractivity contribution in [1.82, 2.24) is 10.6 Å². The SMILES string of the molecule is CCOc1ccccc1C(=O)NCC(=O)NCc1ccc2c(c1)OCCO2. The third-order valence-corrected chi connectivity index (χ3v) is 3.94. The summed E-state index contributed by atoms with van der Waals surface area (Å²) < 4.78 is 16.4. The topological polar surface area (TPSA) is 85.9 Å². The summed E-state index contributed by atoms with van der Waals surface area (Å²) in [5, 5.41) is 5.38. The molecule has 2 aromatic carbocycles. The van der Waals surface area contributed by atoms with Crippen LogP contribution in [0.15, 0.2) is 42.5 Å². The highest BCUT2D eigenvalue weighted by Gasteiger charge is 2.14. The molecule has 7 nitrogen and oxygen atoms in total. The summed E-state index contributed by atoms with van der Waals surface area (Å²) in [6.07, 6.45) is 0. The zero-order valence-electron chi connectivity index (χ0n) is 15.1. The molecular weight excluding hydrogens is 348 g/mol. The van der Waals surface area contributed by atoms with Crippen LogP contribution in [0.3, 0.4) is 0 Å². The minimum absolute atomic E-state index is 0.121. The number of ether oxygens (including phenoxy) is 3. The van der Waals surface area contributed by atoms with Gasteiger partial charge in [0.1, 0.15) is 19.0 Å². The molecule has 0 radical (unpaired) electrons. The Morgan fingerprint density at radius 1 is 1.04 bits per heavy atom. The lowest BCUT2D eigenvalue weighted by Crippen LogP contribution is -2.36. The van der Waals surface area contributed by atoms with Crippen LogP contribution in [0.1, 0.15) is 22.8 Å². The van der Waals surface area contributed by atoms with E-state index >= 15 is 0 Å². The first kappa shape index (κ1) is 18.6. The highest BCUT2D eigenvalue weighted by molar-refractivity contribution is 5.98. The minimum atomic E-state index is -0.353. The van der Waals surface area contributed by atoms with Gasteiger partial charge in [-0.25, -0.2) is 0 Å². The van der Waals surface area contributed by atoms with Crippen LogP contribution in [0.5, 0.6) is 17.2 Å². The third-order valence-electron chi connectivity index (χ3n) is 3.94. The predicted molar refractivity (Wildman–Crippen MR) is 99.2 cm³/mol. The maximum absolute atomic E-state index is 12.3. The van der Waals surface area contributed by atoms with Crippen molar-refractivity contribution in [2.45, 2.75) is 13.5 Å². The molecular formula is C20H22N2O5. The molecule has 3 rings (SSSR count). The molecule has 7 heteroatoms. The Bertz CT molecular complexity index is 822. The molecule has 27 heavy (non-hydrogen) atoms. The van der Waals surface area contributed by atoms with Crippen LogP contribution in [0, 0.1) is 0 Å². The van der Waals surface area contributed by atoms with Crippen LogP contribution in [0.2, 0.25) is 0 Å².